The Morgan fingerprint density at radius 2 is 1.85 bits per heavy atom. The van der Waals surface area contributed by atoms with E-state index in [0.29, 0.717) is 12.5 Å². The van der Waals surface area contributed by atoms with E-state index in [1.54, 1.807) is 7.05 Å². The van der Waals surface area contributed by atoms with Crippen molar-refractivity contribution in [2.45, 2.75) is 33.2 Å². The lowest BCUT2D eigenvalue weighted by Crippen LogP contribution is -2.33. The van der Waals surface area contributed by atoms with Crippen LogP contribution in [0.5, 0.6) is 5.75 Å². The minimum atomic E-state index is -0.00254. The first-order valence-electron chi connectivity index (χ1n) is 7.19. The molecule has 0 aliphatic rings. The molecule has 0 aliphatic carbocycles. The molecule has 0 heterocycles. The van der Waals surface area contributed by atoms with Crippen molar-refractivity contribution >= 4 is 5.91 Å². The highest BCUT2D eigenvalue weighted by Gasteiger charge is 2.08. The summed E-state index contributed by atoms with van der Waals surface area (Å²) in [4.78, 5) is 11.5. The summed E-state index contributed by atoms with van der Waals surface area (Å²) in [5.41, 5.74) is 1.07. The van der Waals surface area contributed by atoms with Gasteiger partial charge in [-0.2, -0.15) is 0 Å². The smallest absolute Gasteiger partial charge is 0.234 e. The maximum Gasteiger partial charge on any atom is 0.234 e. The van der Waals surface area contributed by atoms with Crippen LogP contribution in [0.1, 0.15) is 38.8 Å². The van der Waals surface area contributed by atoms with Gasteiger partial charge in [0.25, 0.3) is 0 Å². The Hall–Kier alpha value is -1.55. The molecule has 112 valence electrons. The van der Waals surface area contributed by atoms with E-state index in [1.165, 1.54) is 0 Å². The molecule has 0 aromatic heterocycles. The Labute approximate surface area is 121 Å². The van der Waals surface area contributed by atoms with Gasteiger partial charge in [-0.05, 0) is 44.0 Å². The van der Waals surface area contributed by atoms with Crippen molar-refractivity contribution in [2.75, 3.05) is 20.2 Å². The molecule has 2 N–H and O–H groups in total. The summed E-state index contributed by atoms with van der Waals surface area (Å²) in [6.07, 6.45) is 1.05. The van der Waals surface area contributed by atoms with Crippen LogP contribution < -0.4 is 15.4 Å². The van der Waals surface area contributed by atoms with Gasteiger partial charge >= 0.3 is 0 Å². The molecule has 0 fully saturated rings. The maximum atomic E-state index is 11.5. The van der Waals surface area contributed by atoms with Gasteiger partial charge in [-0.25, -0.2) is 0 Å². The SMILES string of the molecule is CNCC(=O)NC(C)c1ccc(OCCC(C)C)cc1. The maximum absolute atomic E-state index is 11.5. The summed E-state index contributed by atoms with van der Waals surface area (Å²) >= 11 is 0. The van der Waals surface area contributed by atoms with E-state index < -0.39 is 0 Å². The van der Waals surface area contributed by atoms with Crippen LogP contribution in [-0.4, -0.2) is 26.1 Å². The number of benzene rings is 1. The minimum absolute atomic E-state index is 0.000522. The number of nitrogens with one attached hydrogen (secondary N) is 2. The summed E-state index contributed by atoms with van der Waals surface area (Å²) in [5, 5.41) is 5.77. The van der Waals surface area contributed by atoms with E-state index in [2.05, 4.69) is 24.5 Å². The van der Waals surface area contributed by atoms with Gasteiger partial charge in [0.2, 0.25) is 5.91 Å². The zero-order valence-corrected chi connectivity index (χ0v) is 12.9. The lowest BCUT2D eigenvalue weighted by Gasteiger charge is -2.15. The van der Waals surface area contributed by atoms with Crippen LogP contribution in [0.3, 0.4) is 0 Å². The van der Waals surface area contributed by atoms with Crippen molar-refractivity contribution in [3.05, 3.63) is 29.8 Å². The lowest BCUT2D eigenvalue weighted by molar-refractivity contribution is -0.120. The Morgan fingerprint density at radius 3 is 2.40 bits per heavy atom. The number of rotatable bonds is 8. The third-order valence-electron chi connectivity index (χ3n) is 3.06. The van der Waals surface area contributed by atoms with E-state index in [1.807, 2.05) is 31.2 Å². The first-order chi connectivity index (χ1) is 9.52. The molecule has 4 heteroatoms. The van der Waals surface area contributed by atoms with Crippen LogP contribution in [0, 0.1) is 5.92 Å². The number of amides is 1. The minimum Gasteiger partial charge on any atom is -0.494 e. The Bertz CT molecular complexity index is 401. The van der Waals surface area contributed by atoms with Crippen LogP contribution in [0.2, 0.25) is 0 Å². The van der Waals surface area contributed by atoms with Crippen LogP contribution in [-0.2, 0) is 4.79 Å². The molecule has 1 amide bonds. The Balaban J connectivity index is 2.46. The second kappa shape index (κ2) is 8.59. The van der Waals surface area contributed by atoms with E-state index in [9.17, 15) is 4.79 Å². The van der Waals surface area contributed by atoms with Crippen molar-refractivity contribution in [1.29, 1.82) is 0 Å². The molecule has 0 saturated heterocycles. The van der Waals surface area contributed by atoms with E-state index in [4.69, 9.17) is 4.74 Å². The molecule has 0 aliphatic heterocycles. The molecule has 1 aromatic carbocycles. The van der Waals surface area contributed by atoms with Crippen LogP contribution in [0.15, 0.2) is 24.3 Å². The summed E-state index contributed by atoms with van der Waals surface area (Å²) in [6, 6.07) is 7.90. The average molecular weight is 278 g/mol. The predicted molar refractivity (Wildman–Crippen MR) is 81.9 cm³/mol. The number of carbonyl (C=O) groups excluding carboxylic acids is 1. The third-order valence-corrected chi connectivity index (χ3v) is 3.06. The molecular formula is C16H26N2O2. The topological polar surface area (TPSA) is 50.4 Å². The number of ether oxygens (including phenoxy) is 1. The summed E-state index contributed by atoms with van der Waals surface area (Å²) in [7, 11) is 1.76. The van der Waals surface area contributed by atoms with Gasteiger partial charge in [-0.15, -0.1) is 0 Å². The van der Waals surface area contributed by atoms with E-state index >= 15 is 0 Å². The van der Waals surface area contributed by atoms with Gasteiger partial charge in [-0.3, -0.25) is 4.79 Å². The molecule has 1 unspecified atom stereocenters. The lowest BCUT2D eigenvalue weighted by atomic mass is 10.1. The van der Waals surface area contributed by atoms with Crippen LogP contribution >= 0.6 is 0 Å². The molecule has 0 bridgehead atoms. The number of hydrogen-bond acceptors (Lipinski definition) is 3. The zero-order valence-electron chi connectivity index (χ0n) is 12.9. The van der Waals surface area contributed by atoms with Gasteiger partial charge in [0, 0.05) is 0 Å². The number of carbonyl (C=O) groups is 1. The van der Waals surface area contributed by atoms with Crippen molar-refractivity contribution < 1.29 is 9.53 Å². The summed E-state index contributed by atoms with van der Waals surface area (Å²) < 4.78 is 5.67. The molecule has 1 rings (SSSR count). The average Bonchev–Trinajstić information content (AvgIpc) is 2.39. The van der Waals surface area contributed by atoms with Crippen molar-refractivity contribution in [2.24, 2.45) is 5.92 Å². The van der Waals surface area contributed by atoms with Crippen molar-refractivity contribution in [3.8, 4) is 5.75 Å². The molecule has 0 saturated carbocycles. The van der Waals surface area contributed by atoms with Gasteiger partial charge in [0.15, 0.2) is 0 Å². The molecule has 20 heavy (non-hydrogen) atoms. The molecule has 0 radical (unpaired) electrons. The molecule has 4 nitrogen and oxygen atoms in total. The second-order valence-electron chi connectivity index (χ2n) is 5.42. The van der Waals surface area contributed by atoms with Crippen molar-refractivity contribution in [1.82, 2.24) is 10.6 Å². The highest BCUT2D eigenvalue weighted by atomic mass is 16.5. The molecule has 1 aromatic rings. The summed E-state index contributed by atoms with van der Waals surface area (Å²) in [5.74, 6) is 1.53. The molecule has 1 atom stereocenters. The second-order valence-corrected chi connectivity index (χ2v) is 5.42. The van der Waals surface area contributed by atoms with Gasteiger partial charge < -0.3 is 15.4 Å². The molecule has 0 spiro atoms. The normalized spacial score (nSPS) is 12.2. The zero-order chi connectivity index (χ0) is 15.0. The Kier molecular flexibility index (Phi) is 7.09. The highest BCUT2D eigenvalue weighted by molar-refractivity contribution is 5.78. The highest BCUT2D eigenvalue weighted by Crippen LogP contribution is 2.18. The van der Waals surface area contributed by atoms with Gasteiger partial charge in [0.05, 0.1) is 19.2 Å². The monoisotopic (exact) mass is 278 g/mol. The van der Waals surface area contributed by atoms with Crippen LogP contribution in [0.25, 0.3) is 0 Å². The van der Waals surface area contributed by atoms with Crippen molar-refractivity contribution in [3.63, 3.8) is 0 Å². The van der Waals surface area contributed by atoms with Gasteiger partial charge in [0.1, 0.15) is 5.75 Å². The first-order valence-corrected chi connectivity index (χ1v) is 7.19. The predicted octanol–water partition coefficient (Wildman–Crippen LogP) is 2.51. The van der Waals surface area contributed by atoms with Crippen LogP contribution in [0.4, 0.5) is 0 Å². The van der Waals surface area contributed by atoms with Gasteiger partial charge in [-0.1, -0.05) is 26.0 Å². The largest absolute Gasteiger partial charge is 0.494 e. The standard InChI is InChI=1S/C16H26N2O2/c1-12(2)9-10-20-15-7-5-14(6-8-15)13(3)18-16(19)11-17-4/h5-8,12-13,17H,9-11H2,1-4H3,(H,18,19). The third kappa shape index (κ3) is 6.06. The number of likely N-dealkylation sites (N-methyl/N-ethyl adjacent to an activating group) is 1. The summed E-state index contributed by atoms with van der Waals surface area (Å²) in [6.45, 7) is 7.42. The quantitative estimate of drug-likeness (QED) is 0.768. The van der Waals surface area contributed by atoms with E-state index in [0.717, 1.165) is 24.3 Å². The number of hydrogen-bond donors (Lipinski definition) is 2. The fraction of sp³-hybridized carbons (Fsp3) is 0.562. The molecular weight excluding hydrogens is 252 g/mol. The Morgan fingerprint density at radius 1 is 1.20 bits per heavy atom. The fourth-order valence-corrected chi connectivity index (χ4v) is 1.80. The first kappa shape index (κ1) is 16.5. The van der Waals surface area contributed by atoms with E-state index in [-0.39, 0.29) is 11.9 Å². The fourth-order valence-electron chi connectivity index (χ4n) is 1.80.